The van der Waals surface area contributed by atoms with Crippen molar-refractivity contribution in [1.29, 1.82) is 0 Å². The van der Waals surface area contributed by atoms with E-state index in [9.17, 15) is 10.1 Å². The maximum Gasteiger partial charge on any atom is 0.269 e. The molecule has 2 aromatic rings. The Balaban J connectivity index is 1.52. The monoisotopic (exact) mass is 431 g/mol. The molecule has 1 aliphatic heterocycles. The number of non-ortho nitro benzene ring substituents is 1. The molecule has 0 radical (unpaired) electrons. The zero-order valence-corrected chi connectivity index (χ0v) is 16.6. The van der Waals surface area contributed by atoms with E-state index in [0.29, 0.717) is 12.6 Å². The topological polar surface area (TPSA) is 82.8 Å². The van der Waals surface area contributed by atoms with Crippen molar-refractivity contribution in [3.8, 4) is 0 Å². The molecule has 0 bridgehead atoms. The van der Waals surface area contributed by atoms with Gasteiger partial charge < -0.3 is 15.5 Å². The van der Waals surface area contributed by atoms with Crippen LogP contribution in [0.15, 0.2) is 58.0 Å². The summed E-state index contributed by atoms with van der Waals surface area (Å²) in [6.07, 6.45) is 1.03. The van der Waals surface area contributed by atoms with E-state index >= 15 is 0 Å². The number of nitro benzene ring substituents is 1. The third kappa shape index (κ3) is 4.97. The third-order valence-electron chi connectivity index (χ3n) is 4.55. The Morgan fingerprint density at radius 1 is 1.30 bits per heavy atom. The fourth-order valence-electron chi connectivity index (χ4n) is 3.11. The molecule has 0 aliphatic carbocycles. The molecular formula is C19H22BrN5O2. The lowest BCUT2D eigenvalue weighted by molar-refractivity contribution is -0.384. The summed E-state index contributed by atoms with van der Waals surface area (Å²) < 4.78 is 1.10. The van der Waals surface area contributed by atoms with Gasteiger partial charge in [-0.15, -0.1) is 0 Å². The number of nitro groups is 1. The number of hydrogen-bond donors (Lipinski definition) is 2. The van der Waals surface area contributed by atoms with Gasteiger partial charge in [0.05, 0.1) is 10.6 Å². The Kier molecular flexibility index (Phi) is 6.28. The molecule has 0 aromatic heterocycles. The van der Waals surface area contributed by atoms with Crippen molar-refractivity contribution in [2.45, 2.75) is 19.0 Å². The summed E-state index contributed by atoms with van der Waals surface area (Å²) in [7, 11) is 1.74. The van der Waals surface area contributed by atoms with Gasteiger partial charge in [-0.3, -0.25) is 15.1 Å². The van der Waals surface area contributed by atoms with E-state index in [-0.39, 0.29) is 5.69 Å². The molecule has 0 spiro atoms. The van der Waals surface area contributed by atoms with Crippen molar-refractivity contribution in [3.05, 3.63) is 68.7 Å². The van der Waals surface area contributed by atoms with Crippen LogP contribution in [0.1, 0.15) is 12.0 Å². The first-order valence-corrected chi connectivity index (χ1v) is 9.56. The van der Waals surface area contributed by atoms with Crippen molar-refractivity contribution in [2.75, 3.05) is 25.0 Å². The zero-order valence-electron chi connectivity index (χ0n) is 15.1. The standard InChI is InChI=1S/C19H22BrN5O2/c1-21-19(22-12-14-6-8-16(9-7-14)25(26)27)23-15-10-11-24(13-15)18-5-3-2-4-17(18)20/h2-9,15H,10-13H2,1H3,(H2,21,22,23). The second-order valence-corrected chi connectivity index (χ2v) is 7.23. The van der Waals surface area contributed by atoms with E-state index in [2.05, 4.69) is 48.6 Å². The molecule has 0 saturated carbocycles. The van der Waals surface area contributed by atoms with Gasteiger partial charge in [0.2, 0.25) is 0 Å². The average molecular weight is 432 g/mol. The minimum atomic E-state index is -0.394. The molecule has 1 fully saturated rings. The quantitative estimate of drug-likeness (QED) is 0.328. The molecule has 1 saturated heterocycles. The summed E-state index contributed by atoms with van der Waals surface area (Å²) in [5.41, 5.74) is 2.26. The number of para-hydroxylation sites is 1. The molecule has 142 valence electrons. The summed E-state index contributed by atoms with van der Waals surface area (Å²) in [5, 5.41) is 17.4. The van der Waals surface area contributed by atoms with Gasteiger partial charge >= 0.3 is 0 Å². The number of halogens is 1. The van der Waals surface area contributed by atoms with Crippen molar-refractivity contribution in [1.82, 2.24) is 10.6 Å². The van der Waals surface area contributed by atoms with Crippen molar-refractivity contribution in [3.63, 3.8) is 0 Å². The minimum Gasteiger partial charge on any atom is -0.368 e. The van der Waals surface area contributed by atoms with Gasteiger partial charge in [0, 0.05) is 49.3 Å². The van der Waals surface area contributed by atoms with Crippen LogP contribution in [0.3, 0.4) is 0 Å². The summed E-state index contributed by atoms with van der Waals surface area (Å²) in [5.74, 6) is 0.729. The van der Waals surface area contributed by atoms with Gasteiger partial charge in [-0.2, -0.15) is 0 Å². The average Bonchev–Trinajstić information content (AvgIpc) is 3.14. The minimum absolute atomic E-state index is 0.0966. The lowest BCUT2D eigenvalue weighted by Crippen LogP contribution is -2.44. The number of anilines is 1. The first-order chi connectivity index (χ1) is 13.1. The molecular weight excluding hydrogens is 410 g/mol. The normalized spacial score (nSPS) is 17.0. The SMILES string of the molecule is CN=C(NCc1ccc([N+](=O)[O-])cc1)NC1CCN(c2ccccc2Br)C1. The van der Waals surface area contributed by atoms with Crippen LogP contribution < -0.4 is 15.5 Å². The molecule has 3 rings (SSSR count). The van der Waals surface area contributed by atoms with E-state index in [1.54, 1.807) is 19.2 Å². The van der Waals surface area contributed by atoms with E-state index in [0.717, 1.165) is 35.5 Å². The number of hydrogen-bond acceptors (Lipinski definition) is 4. The Hall–Kier alpha value is -2.61. The van der Waals surface area contributed by atoms with Gasteiger partial charge in [-0.05, 0) is 40.0 Å². The van der Waals surface area contributed by atoms with Crippen LogP contribution >= 0.6 is 15.9 Å². The first-order valence-electron chi connectivity index (χ1n) is 8.77. The number of aliphatic imine (C=N–C) groups is 1. The lowest BCUT2D eigenvalue weighted by atomic mass is 10.2. The summed E-state index contributed by atoms with van der Waals surface area (Å²) in [6, 6.07) is 15.1. The molecule has 1 aliphatic rings. The second-order valence-electron chi connectivity index (χ2n) is 6.38. The molecule has 2 N–H and O–H groups in total. The molecule has 2 aromatic carbocycles. The van der Waals surface area contributed by atoms with Crippen LogP contribution in [0.4, 0.5) is 11.4 Å². The van der Waals surface area contributed by atoms with Crippen molar-refractivity contribution >= 4 is 33.3 Å². The van der Waals surface area contributed by atoms with E-state index in [1.165, 1.54) is 17.8 Å². The van der Waals surface area contributed by atoms with E-state index < -0.39 is 4.92 Å². The number of rotatable bonds is 5. The predicted molar refractivity (Wildman–Crippen MR) is 111 cm³/mol. The Morgan fingerprint density at radius 3 is 2.70 bits per heavy atom. The lowest BCUT2D eigenvalue weighted by Gasteiger charge is -2.21. The van der Waals surface area contributed by atoms with Crippen LogP contribution in [-0.2, 0) is 6.54 Å². The summed E-state index contributed by atoms with van der Waals surface area (Å²) in [6.45, 7) is 2.44. The van der Waals surface area contributed by atoms with Gasteiger partial charge in [-0.1, -0.05) is 24.3 Å². The fourth-order valence-corrected chi connectivity index (χ4v) is 3.65. The highest BCUT2D eigenvalue weighted by Crippen LogP contribution is 2.28. The largest absolute Gasteiger partial charge is 0.368 e. The molecule has 7 nitrogen and oxygen atoms in total. The number of guanidine groups is 1. The Labute approximate surface area is 166 Å². The maximum absolute atomic E-state index is 10.7. The molecule has 1 atom stereocenters. The van der Waals surface area contributed by atoms with Gasteiger partial charge in [0.15, 0.2) is 5.96 Å². The second kappa shape index (κ2) is 8.85. The number of nitrogens with zero attached hydrogens (tertiary/aromatic N) is 3. The van der Waals surface area contributed by atoms with Crippen LogP contribution in [0.25, 0.3) is 0 Å². The van der Waals surface area contributed by atoms with Crippen molar-refractivity contribution in [2.24, 2.45) is 4.99 Å². The number of nitrogens with one attached hydrogen (secondary N) is 2. The third-order valence-corrected chi connectivity index (χ3v) is 5.22. The molecule has 27 heavy (non-hydrogen) atoms. The van der Waals surface area contributed by atoms with Crippen LogP contribution in [-0.4, -0.2) is 37.1 Å². The van der Waals surface area contributed by atoms with Gasteiger partial charge in [-0.25, -0.2) is 0 Å². The van der Waals surface area contributed by atoms with E-state index in [1.807, 2.05) is 12.1 Å². The van der Waals surface area contributed by atoms with E-state index in [4.69, 9.17) is 0 Å². The maximum atomic E-state index is 10.7. The molecule has 8 heteroatoms. The summed E-state index contributed by atoms with van der Waals surface area (Å²) in [4.78, 5) is 17.0. The zero-order chi connectivity index (χ0) is 19.2. The number of benzene rings is 2. The Morgan fingerprint density at radius 2 is 2.04 bits per heavy atom. The fraction of sp³-hybridized carbons (Fsp3) is 0.316. The highest BCUT2D eigenvalue weighted by Gasteiger charge is 2.24. The first kappa shape index (κ1) is 19.2. The molecule has 1 heterocycles. The van der Waals surface area contributed by atoms with Crippen LogP contribution in [0.2, 0.25) is 0 Å². The predicted octanol–water partition coefficient (Wildman–Crippen LogP) is 3.30. The molecule has 1 unspecified atom stereocenters. The van der Waals surface area contributed by atoms with Gasteiger partial charge in [0.25, 0.3) is 5.69 Å². The van der Waals surface area contributed by atoms with Crippen molar-refractivity contribution < 1.29 is 4.92 Å². The molecule has 0 amide bonds. The van der Waals surface area contributed by atoms with Gasteiger partial charge in [0.1, 0.15) is 0 Å². The Bertz CT molecular complexity index is 825. The summed E-state index contributed by atoms with van der Waals surface area (Å²) >= 11 is 3.62. The highest BCUT2D eigenvalue weighted by molar-refractivity contribution is 9.10. The smallest absolute Gasteiger partial charge is 0.269 e. The van der Waals surface area contributed by atoms with Crippen LogP contribution in [0.5, 0.6) is 0 Å². The van der Waals surface area contributed by atoms with Crippen LogP contribution in [0, 0.1) is 10.1 Å². The highest BCUT2D eigenvalue weighted by atomic mass is 79.9.